The summed E-state index contributed by atoms with van der Waals surface area (Å²) in [6, 6.07) is 11.4. The van der Waals surface area contributed by atoms with E-state index in [4.69, 9.17) is 16.3 Å². The fourth-order valence-corrected chi connectivity index (χ4v) is 5.59. The van der Waals surface area contributed by atoms with E-state index < -0.39 is 15.9 Å². The molecule has 0 fully saturated rings. The Morgan fingerprint density at radius 3 is 2.61 bits per heavy atom. The Balaban J connectivity index is 1.74. The number of ether oxygens (including phenoxy) is 1. The van der Waals surface area contributed by atoms with Crippen LogP contribution in [-0.2, 0) is 21.4 Å². The summed E-state index contributed by atoms with van der Waals surface area (Å²) in [4.78, 5) is 33.6. The number of hydrogen-bond acceptors (Lipinski definition) is 7. The Kier molecular flexibility index (Phi) is 7.70. The minimum absolute atomic E-state index is 0.0640. The van der Waals surface area contributed by atoms with Gasteiger partial charge in [-0.3, -0.25) is 18.9 Å². The molecule has 1 amide bonds. The third kappa shape index (κ3) is 5.48. The van der Waals surface area contributed by atoms with Crippen LogP contribution in [0.1, 0.15) is 12.5 Å². The summed E-state index contributed by atoms with van der Waals surface area (Å²) in [6.45, 7) is 3.66. The number of rotatable bonds is 8. The molecule has 0 unspecified atom stereocenters. The lowest BCUT2D eigenvalue weighted by molar-refractivity contribution is -0.124. The number of aromatic nitrogens is 3. The largest absolute Gasteiger partial charge is 0.480 e. The van der Waals surface area contributed by atoms with Crippen LogP contribution in [0.3, 0.4) is 0 Å². The minimum atomic E-state index is -4.06. The maximum absolute atomic E-state index is 13.2. The summed E-state index contributed by atoms with van der Waals surface area (Å²) in [7, 11) is -1.14. The van der Waals surface area contributed by atoms with E-state index in [9.17, 15) is 18.0 Å². The summed E-state index contributed by atoms with van der Waals surface area (Å²) >= 11 is 6.16. The number of halogens is 1. The first-order chi connectivity index (χ1) is 18.0. The Morgan fingerprint density at radius 1 is 1.13 bits per heavy atom. The molecule has 2 aromatic heterocycles. The number of fused-ring (bicyclic) bond motifs is 1. The van der Waals surface area contributed by atoms with Gasteiger partial charge in [0, 0.05) is 25.4 Å². The molecule has 0 aliphatic heterocycles. The maximum atomic E-state index is 13.2. The van der Waals surface area contributed by atoms with E-state index >= 15 is 0 Å². The summed E-state index contributed by atoms with van der Waals surface area (Å²) in [6.07, 6.45) is 2.93. The third-order valence-corrected chi connectivity index (χ3v) is 7.83. The van der Waals surface area contributed by atoms with Crippen LogP contribution in [0.2, 0.25) is 5.02 Å². The lowest BCUT2D eigenvalue weighted by Crippen LogP contribution is -2.32. The van der Waals surface area contributed by atoms with Crippen molar-refractivity contribution >= 4 is 44.1 Å². The van der Waals surface area contributed by atoms with E-state index in [1.807, 2.05) is 0 Å². The molecule has 0 saturated heterocycles. The highest BCUT2D eigenvalue weighted by Gasteiger charge is 2.21. The fraction of sp³-hybridized carbons (Fsp3) is 0.231. The molecular weight excluding hydrogens is 530 g/mol. The number of nitrogens with one attached hydrogen (secondary N) is 2. The second-order valence-corrected chi connectivity index (χ2v) is 10.8. The molecule has 4 rings (SSSR count). The molecule has 2 heterocycles. The number of amides is 1. The summed E-state index contributed by atoms with van der Waals surface area (Å²) in [5.41, 5.74) is 2.16. The van der Waals surface area contributed by atoms with E-state index in [1.54, 1.807) is 51.2 Å². The number of methoxy groups -OCH3 is 1. The van der Waals surface area contributed by atoms with Crippen molar-refractivity contribution in [3.8, 4) is 17.0 Å². The van der Waals surface area contributed by atoms with Gasteiger partial charge in [-0.2, -0.15) is 0 Å². The number of benzene rings is 2. The summed E-state index contributed by atoms with van der Waals surface area (Å²) < 4.78 is 35.5. The Hall–Kier alpha value is -3.96. The van der Waals surface area contributed by atoms with Gasteiger partial charge >= 0.3 is 0 Å². The summed E-state index contributed by atoms with van der Waals surface area (Å²) in [5, 5.41) is 3.00. The smallest absolute Gasteiger partial charge is 0.263 e. The van der Waals surface area contributed by atoms with Crippen molar-refractivity contribution in [2.24, 2.45) is 5.92 Å². The first-order valence-corrected chi connectivity index (χ1v) is 13.4. The molecule has 1 atom stereocenters. The maximum Gasteiger partial charge on any atom is 0.263 e. The van der Waals surface area contributed by atoms with Crippen LogP contribution in [-0.4, -0.2) is 43.0 Å². The zero-order valence-electron chi connectivity index (χ0n) is 21.1. The van der Waals surface area contributed by atoms with Crippen molar-refractivity contribution in [2.75, 3.05) is 18.9 Å². The first kappa shape index (κ1) is 27.1. The molecule has 4 aromatic rings. The van der Waals surface area contributed by atoms with Crippen molar-refractivity contribution in [1.29, 1.82) is 0 Å². The van der Waals surface area contributed by atoms with Gasteiger partial charge in [-0.15, -0.1) is 0 Å². The predicted molar refractivity (Wildman–Crippen MR) is 146 cm³/mol. The number of nitrogens with zero attached hydrogens (tertiary/aromatic N) is 3. The second-order valence-electron chi connectivity index (χ2n) is 8.77. The van der Waals surface area contributed by atoms with Crippen molar-refractivity contribution in [3.05, 3.63) is 75.9 Å². The molecule has 2 N–H and O–H groups in total. The van der Waals surface area contributed by atoms with Gasteiger partial charge in [0.2, 0.25) is 11.8 Å². The van der Waals surface area contributed by atoms with Crippen LogP contribution in [0, 0.1) is 12.8 Å². The topological polar surface area (TPSA) is 132 Å². The second kappa shape index (κ2) is 10.8. The predicted octanol–water partition coefficient (Wildman–Crippen LogP) is 3.61. The van der Waals surface area contributed by atoms with Crippen molar-refractivity contribution in [1.82, 2.24) is 19.9 Å². The van der Waals surface area contributed by atoms with Crippen LogP contribution in [0.4, 0.5) is 5.69 Å². The number of sulfonamides is 1. The van der Waals surface area contributed by atoms with Gasteiger partial charge in [-0.25, -0.2) is 18.4 Å². The first-order valence-electron chi connectivity index (χ1n) is 11.6. The van der Waals surface area contributed by atoms with Crippen LogP contribution in [0.25, 0.3) is 22.0 Å². The van der Waals surface area contributed by atoms with Gasteiger partial charge < -0.3 is 10.1 Å². The van der Waals surface area contributed by atoms with Gasteiger partial charge in [-0.1, -0.05) is 30.7 Å². The molecule has 0 spiro atoms. The fourth-order valence-electron chi connectivity index (χ4n) is 3.96. The van der Waals surface area contributed by atoms with E-state index in [-0.39, 0.29) is 39.5 Å². The zero-order valence-corrected chi connectivity index (χ0v) is 22.7. The molecule has 0 bridgehead atoms. The van der Waals surface area contributed by atoms with Gasteiger partial charge in [0.1, 0.15) is 10.6 Å². The molecule has 0 aliphatic carbocycles. The lowest BCUT2D eigenvalue weighted by atomic mass is 10.0. The number of carbonyl (C=O) groups is 1. The standard InChI is InChI=1S/C26H26ClN5O5S/c1-15-5-7-20(27)23(9-15)38(35,36)31-22-11-18(12-29-25(22)37-4)17-6-8-21-19(10-17)26(34)32(14-30-21)13-16(2)24(33)28-3/h5-12,14,16,31H,13H2,1-4H3,(H,28,33)/t16-/m1/s1. The van der Waals surface area contributed by atoms with Crippen LogP contribution in [0.5, 0.6) is 5.88 Å². The SMILES string of the molecule is CNC(=O)[C@H](C)Cn1cnc2ccc(-c3cnc(OC)c(NS(=O)(=O)c4cc(C)ccc4Cl)c3)cc2c1=O. The number of anilines is 1. The van der Waals surface area contributed by atoms with Crippen LogP contribution >= 0.6 is 11.6 Å². The lowest BCUT2D eigenvalue weighted by Gasteiger charge is -2.14. The highest BCUT2D eigenvalue weighted by atomic mass is 35.5. The highest BCUT2D eigenvalue weighted by Crippen LogP contribution is 2.32. The summed E-state index contributed by atoms with van der Waals surface area (Å²) in [5.74, 6) is -0.547. The minimum Gasteiger partial charge on any atom is -0.480 e. The van der Waals surface area contributed by atoms with Crippen LogP contribution in [0.15, 0.2) is 64.7 Å². The number of hydrogen-bond donors (Lipinski definition) is 2. The van der Waals surface area contributed by atoms with Crippen molar-refractivity contribution < 1.29 is 17.9 Å². The van der Waals surface area contributed by atoms with E-state index in [1.165, 1.54) is 36.3 Å². The molecule has 0 saturated carbocycles. The van der Waals surface area contributed by atoms with Gasteiger partial charge in [-0.05, 0) is 48.4 Å². The third-order valence-electron chi connectivity index (χ3n) is 5.99. The molecule has 12 heteroatoms. The molecular formula is C26H26ClN5O5S. The Labute approximate surface area is 224 Å². The molecule has 198 valence electrons. The molecule has 0 radical (unpaired) electrons. The average Bonchev–Trinajstić information content (AvgIpc) is 2.90. The number of pyridine rings is 1. The van der Waals surface area contributed by atoms with Crippen molar-refractivity contribution in [2.45, 2.75) is 25.3 Å². The van der Waals surface area contributed by atoms with Gasteiger partial charge in [0.05, 0.1) is 35.3 Å². The van der Waals surface area contributed by atoms with Crippen LogP contribution < -0.4 is 20.3 Å². The molecule has 38 heavy (non-hydrogen) atoms. The average molecular weight is 556 g/mol. The zero-order chi connectivity index (χ0) is 27.6. The Morgan fingerprint density at radius 2 is 1.89 bits per heavy atom. The van der Waals surface area contributed by atoms with E-state index in [0.29, 0.717) is 22.0 Å². The molecule has 10 nitrogen and oxygen atoms in total. The normalized spacial score (nSPS) is 12.2. The van der Waals surface area contributed by atoms with E-state index in [2.05, 4.69) is 20.0 Å². The van der Waals surface area contributed by atoms with Crippen molar-refractivity contribution in [3.63, 3.8) is 0 Å². The molecule has 2 aromatic carbocycles. The number of carbonyl (C=O) groups excluding carboxylic acids is 1. The highest BCUT2D eigenvalue weighted by molar-refractivity contribution is 7.92. The number of aryl methyl sites for hydroxylation is 1. The van der Waals surface area contributed by atoms with Gasteiger partial charge in [0.25, 0.3) is 15.6 Å². The Bertz CT molecular complexity index is 1700. The van der Waals surface area contributed by atoms with E-state index in [0.717, 1.165) is 5.56 Å². The molecule has 0 aliphatic rings. The van der Waals surface area contributed by atoms with Gasteiger partial charge in [0.15, 0.2) is 0 Å². The monoisotopic (exact) mass is 555 g/mol. The quantitative estimate of drug-likeness (QED) is 0.339.